The molecule has 0 saturated heterocycles. The summed E-state index contributed by atoms with van der Waals surface area (Å²) in [5.41, 5.74) is -0.224. The lowest BCUT2D eigenvalue weighted by Crippen LogP contribution is -2.28. The molecule has 0 amide bonds. The molecule has 0 aliphatic rings. The normalized spacial score (nSPS) is 12.1. The van der Waals surface area contributed by atoms with Crippen LogP contribution in [0.15, 0.2) is 36.4 Å². The van der Waals surface area contributed by atoms with Crippen molar-refractivity contribution in [2.75, 3.05) is 19.0 Å². The number of nitrogens with zero attached hydrogens (tertiary/aromatic N) is 2. The van der Waals surface area contributed by atoms with E-state index in [1.807, 2.05) is 38.1 Å². The molecule has 124 valence electrons. The first-order valence-corrected chi connectivity index (χ1v) is 7.02. The lowest BCUT2D eigenvalue weighted by atomic mass is 9.84. The number of ether oxygens (including phenoxy) is 1. The Kier molecular flexibility index (Phi) is 4.77. The van der Waals surface area contributed by atoms with Gasteiger partial charge in [-0.1, -0.05) is 26.0 Å². The minimum atomic E-state index is -4.48. The smallest absolute Gasteiger partial charge is 0.435 e. The van der Waals surface area contributed by atoms with Crippen LogP contribution in [0.1, 0.15) is 25.1 Å². The standard InChI is InChI=1S/C16H18F3N3O/c1-15(2,11-5-4-6-12(9-11)23-3)10-20-14-8-7-13(21-22-14)16(17,18)19/h4-9H,10H2,1-3H3,(H,20,22). The number of alkyl halides is 3. The van der Waals surface area contributed by atoms with E-state index < -0.39 is 11.9 Å². The molecule has 1 N–H and O–H groups in total. The zero-order chi connectivity index (χ0) is 17.1. The van der Waals surface area contributed by atoms with Crippen LogP contribution in [0, 0.1) is 0 Å². The molecule has 1 heterocycles. The van der Waals surface area contributed by atoms with Crippen molar-refractivity contribution in [2.45, 2.75) is 25.4 Å². The number of benzene rings is 1. The minimum Gasteiger partial charge on any atom is -0.497 e. The van der Waals surface area contributed by atoms with Gasteiger partial charge in [-0.3, -0.25) is 0 Å². The van der Waals surface area contributed by atoms with E-state index >= 15 is 0 Å². The lowest BCUT2D eigenvalue weighted by molar-refractivity contribution is -0.141. The van der Waals surface area contributed by atoms with Gasteiger partial charge in [0.05, 0.1) is 7.11 Å². The molecule has 0 atom stereocenters. The Morgan fingerprint density at radius 1 is 1.09 bits per heavy atom. The lowest BCUT2D eigenvalue weighted by Gasteiger charge is -2.26. The van der Waals surface area contributed by atoms with Crippen LogP contribution in [0.5, 0.6) is 5.75 Å². The quantitative estimate of drug-likeness (QED) is 0.906. The highest BCUT2D eigenvalue weighted by Gasteiger charge is 2.33. The molecule has 0 spiro atoms. The van der Waals surface area contributed by atoms with E-state index in [0.717, 1.165) is 17.4 Å². The second-order valence-corrected chi connectivity index (χ2v) is 5.77. The van der Waals surface area contributed by atoms with Crippen molar-refractivity contribution in [1.82, 2.24) is 10.2 Å². The molecular formula is C16H18F3N3O. The number of hydrogen-bond acceptors (Lipinski definition) is 4. The highest BCUT2D eigenvalue weighted by atomic mass is 19.4. The third-order valence-electron chi connectivity index (χ3n) is 3.52. The fraction of sp³-hybridized carbons (Fsp3) is 0.375. The molecule has 4 nitrogen and oxygen atoms in total. The summed E-state index contributed by atoms with van der Waals surface area (Å²) in [6, 6.07) is 9.84. The Balaban J connectivity index is 2.06. The van der Waals surface area contributed by atoms with E-state index in [4.69, 9.17) is 4.74 Å². The maximum Gasteiger partial charge on any atom is 0.435 e. The highest BCUT2D eigenvalue weighted by Crippen LogP contribution is 2.28. The van der Waals surface area contributed by atoms with Gasteiger partial charge in [0, 0.05) is 12.0 Å². The maximum absolute atomic E-state index is 12.5. The second kappa shape index (κ2) is 6.44. The van der Waals surface area contributed by atoms with E-state index in [9.17, 15) is 13.2 Å². The summed E-state index contributed by atoms with van der Waals surface area (Å²) < 4.78 is 42.6. The van der Waals surface area contributed by atoms with Crippen LogP contribution in [0.2, 0.25) is 0 Å². The summed E-state index contributed by atoms with van der Waals surface area (Å²) >= 11 is 0. The molecule has 0 aliphatic heterocycles. The van der Waals surface area contributed by atoms with Crippen LogP contribution in [-0.4, -0.2) is 23.9 Å². The van der Waals surface area contributed by atoms with Crippen molar-refractivity contribution >= 4 is 5.82 Å². The molecule has 1 aromatic carbocycles. The van der Waals surface area contributed by atoms with Gasteiger partial charge in [-0.15, -0.1) is 10.2 Å². The van der Waals surface area contributed by atoms with Gasteiger partial charge in [-0.05, 0) is 29.8 Å². The summed E-state index contributed by atoms with van der Waals surface area (Å²) in [6.07, 6.45) is -4.48. The van der Waals surface area contributed by atoms with Gasteiger partial charge < -0.3 is 10.1 Å². The van der Waals surface area contributed by atoms with Crippen LogP contribution in [0.3, 0.4) is 0 Å². The molecule has 0 radical (unpaired) electrons. The van der Waals surface area contributed by atoms with Crippen molar-refractivity contribution < 1.29 is 17.9 Å². The van der Waals surface area contributed by atoms with Gasteiger partial charge in [0.2, 0.25) is 0 Å². The minimum absolute atomic E-state index is 0.265. The van der Waals surface area contributed by atoms with Crippen molar-refractivity contribution in [3.8, 4) is 5.75 Å². The molecule has 0 fully saturated rings. The molecule has 0 saturated carbocycles. The van der Waals surface area contributed by atoms with E-state index in [0.29, 0.717) is 12.4 Å². The van der Waals surface area contributed by atoms with Gasteiger partial charge in [0.25, 0.3) is 0 Å². The number of rotatable bonds is 5. The molecule has 2 aromatic rings. The van der Waals surface area contributed by atoms with E-state index in [1.165, 1.54) is 6.07 Å². The average Bonchev–Trinajstić information content (AvgIpc) is 2.52. The second-order valence-electron chi connectivity index (χ2n) is 5.77. The summed E-state index contributed by atoms with van der Waals surface area (Å²) in [5, 5.41) is 9.78. The predicted octanol–water partition coefficient (Wildman–Crippen LogP) is 3.89. The number of aromatic nitrogens is 2. The molecule has 2 rings (SSSR count). The van der Waals surface area contributed by atoms with Crippen molar-refractivity contribution in [1.29, 1.82) is 0 Å². The Bertz CT molecular complexity index is 654. The van der Waals surface area contributed by atoms with Gasteiger partial charge in [-0.2, -0.15) is 13.2 Å². The summed E-state index contributed by atoms with van der Waals surface area (Å²) in [5.74, 6) is 1.05. The topological polar surface area (TPSA) is 47.0 Å². The number of nitrogens with one attached hydrogen (secondary N) is 1. The fourth-order valence-electron chi connectivity index (χ4n) is 2.04. The van der Waals surface area contributed by atoms with E-state index in [1.54, 1.807) is 7.11 Å². The van der Waals surface area contributed by atoms with Crippen molar-refractivity contribution in [3.63, 3.8) is 0 Å². The van der Waals surface area contributed by atoms with E-state index in [2.05, 4.69) is 15.5 Å². The number of hydrogen-bond donors (Lipinski definition) is 1. The van der Waals surface area contributed by atoms with Gasteiger partial charge in [-0.25, -0.2) is 0 Å². The largest absolute Gasteiger partial charge is 0.497 e. The first-order chi connectivity index (χ1) is 10.7. The third-order valence-corrected chi connectivity index (χ3v) is 3.52. The Hall–Kier alpha value is -2.31. The number of methoxy groups -OCH3 is 1. The predicted molar refractivity (Wildman–Crippen MR) is 81.5 cm³/mol. The van der Waals surface area contributed by atoms with Crippen LogP contribution in [0.4, 0.5) is 19.0 Å². The Morgan fingerprint density at radius 3 is 2.39 bits per heavy atom. The van der Waals surface area contributed by atoms with Crippen LogP contribution >= 0.6 is 0 Å². The number of anilines is 1. The Labute approximate surface area is 132 Å². The van der Waals surface area contributed by atoms with Crippen molar-refractivity contribution in [2.24, 2.45) is 0 Å². The molecule has 7 heteroatoms. The summed E-state index contributed by atoms with van der Waals surface area (Å²) in [4.78, 5) is 0. The van der Waals surface area contributed by atoms with Crippen LogP contribution in [0.25, 0.3) is 0 Å². The zero-order valence-corrected chi connectivity index (χ0v) is 13.1. The monoisotopic (exact) mass is 325 g/mol. The molecule has 1 aromatic heterocycles. The molecule has 0 aliphatic carbocycles. The first-order valence-electron chi connectivity index (χ1n) is 7.02. The van der Waals surface area contributed by atoms with Crippen LogP contribution in [-0.2, 0) is 11.6 Å². The summed E-state index contributed by atoms with van der Waals surface area (Å²) in [7, 11) is 1.60. The summed E-state index contributed by atoms with van der Waals surface area (Å²) in [6.45, 7) is 4.53. The number of halogens is 3. The SMILES string of the molecule is COc1cccc(C(C)(C)CNc2ccc(C(F)(F)F)nn2)c1. The third kappa shape index (κ3) is 4.34. The van der Waals surface area contributed by atoms with E-state index in [-0.39, 0.29) is 5.41 Å². The average molecular weight is 325 g/mol. The zero-order valence-electron chi connectivity index (χ0n) is 13.1. The van der Waals surface area contributed by atoms with Crippen LogP contribution < -0.4 is 10.1 Å². The molecule has 0 unspecified atom stereocenters. The Morgan fingerprint density at radius 2 is 1.83 bits per heavy atom. The van der Waals surface area contributed by atoms with Crippen molar-refractivity contribution in [3.05, 3.63) is 47.7 Å². The van der Waals surface area contributed by atoms with Gasteiger partial charge in [0.15, 0.2) is 5.69 Å². The maximum atomic E-state index is 12.5. The van der Waals surface area contributed by atoms with Gasteiger partial charge >= 0.3 is 6.18 Å². The fourth-order valence-corrected chi connectivity index (χ4v) is 2.04. The first kappa shape index (κ1) is 17.1. The van der Waals surface area contributed by atoms with Gasteiger partial charge in [0.1, 0.15) is 11.6 Å². The molecule has 23 heavy (non-hydrogen) atoms. The molecule has 0 bridgehead atoms. The highest BCUT2D eigenvalue weighted by molar-refractivity contribution is 5.38. The molecular weight excluding hydrogens is 307 g/mol.